The van der Waals surface area contributed by atoms with Gasteiger partial charge < -0.3 is 20.0 Å². The molecule has 1 amide bonds. The average molecular weight is 459 g/mol. The Labute approximate surface area is 185 Å². The molecule has 1 aliphatic heterocycles. The van der Waals surface area contributed by atoms with Gasteiger partial charge in [0.25, 0.3) is 15.9 Å². The summed E-state index contributed by atoms with van der Waals surface area (Å²) in [6, 6.07) is 10.6. The van der Waals surface area contributed by atoms with Gasteiger partial charge in [-0.1, -0.05) is 12.1 Å². The lowest BCUT2D eigenvalue weighted by molar-refractivity contribution is 0.0900. The number of para-hydroxylation sites is 1. The van der Waals surface area contributed by atoms with Gasteiger partial charge >= 0.3 is 5.69 Å². The monoisotopic (exact) mass is 458 g/mol. The van der Waals surface area contributed by atoms with E-state index in [1.165, 1.54) is 18.2 Å². The van der Waals surface area contributed by atoms with E-state index in [1.807, 2.05) is 6.92 Å². The van der Waals surface area contributed by atoms with Crippen LogP contribution in [0.15, 0.2) is 52.2 Å². The van der Waals surface area contributed by atoms with E-state index in [0.717, 1.165) is 32.3 Å². The molecule has 1 saturated heterocycles. The summed E-state index contributed by atoms with van der Waals surface area (Å²) in [5.41, 5.74) is 0.878. The fraction of sp³-hybridized carbons (Fsp3) is 0.364. The molecule has 2 aromatic carbocycles. The summed E-state index contributed by atoms with van der Waals surface area (Å²) in [5.74, 6) is -0.353. The van der Waals surface area contributed by atoms with E-state index in [-0.39, 0.29) is 34.2 Å². The number of amides is 1. The number of imidazole rings is 1. The van der Waals surface area contributed by atoms with Crippen molar-refractivity contribution in [2.75, 3.05) is 11.3 Å². The van der Waals surface area contributed by atoms with Gasteiger partial charge in [0.15, 0.2) is 0 Å². The summed E-state index contributed by atoms with van der Waals surface area (Å²) in [7, 11) is -3.98. The molecule has 2 heterocycles. The van der Waals surface area contributed by atoms with Crippen molar-refractivity contribution in [1.82, 2.24) is 15.3 Å². The molecule has 0 radical (unpaired) electrons. The molecular weight excluding hydrogens is 432 g/mol. The Morgan fingerprint density at radius 1 is 1.19 bits per heavy atom. The first-order chi connectivity index (χ1) is 15.3. The molecule has 9 nitrogen and oxygen atoms in total. The second kappa shape index (κ2) is 9.17. The molecule has 3 aromatic rings. The minimum atomic E-state index is -3.98. The Morgan fingerprint density at radius 2 is 1.97 bits per heavy atom. The molecule has 10 heteroatoms. The number of nitrogens with one attached hydrogen (secondary N) is 4. The van der Waals surface area contributed by atoms with E-state index < -0.39 is 15.7 Å². The van der Waals surface area contributed by atoms with Crippen molar-refractivity contribution >= 4 is 32.7 Å². The van der Waals surface area contributed by atoms with Crippen LogP contribution < -0.4 is 15.7 Å². The fourth-order valence-electron chi connectivity index (χ4n) is 3.83. The largest absolute Gasteiger partial charge is 0.378 e. The molecule has 170 valence electrons. The van der Waals surface area contributed by atoms with Gasteiger partial charge in [-0.15, -0.1) is 0 Å². The number of aromatic amines is 2. The molecule has 2 atom stereocenters. The third-order valence-electron chi connectivity index (χ3n) is 5.54. The predicted molar refractivity (Wildman–Crippen MR) is 121 cm³/mol. The number of sulfonamides is 1. The second-order valence-corrected chi connectivity index (χ2v) is 9.71. The van der Waals surface area contributed by atoms with E-state index in [9.17, 15) is 18.0 Å². The lowest BCUT2D eigenvalue weighted by Gasteiger charge is -2.18. The molecule has 4 rings (SSSR count). The summed E-state index contributed by atoms with van der Waals surface area (Å²) >= 11 is 0. The van der Waals surface area contributed by atoms with E-state index in [1.54, 1.807) is 24.3 Å². The van der Waals surface area contributed by atoms with Crippen LogP contribution in [-0.4, -0.2) is 43.0 Å². The van der Waals surface area contributed by atoms with Crippen LogP contribution in [0.1, 0.15) is 43.0 Å². The number of carbonyl (C=O) groups is 1. The van der Waals surface area contributed by atoms with Gasteiger partial charge in [0, 0.05) is 12.6 Å². The third kappa shape index (κ3) is 5.03. The van der Waals surface area contributed by atoms with Gasteiger partial charge in [-0.25, -0.2) is 13.2 Å². The zero-order chi connectivity index (χ0) is 22.7. The highest BCUT2D eigenvalue weighted by molar-refractivity contribution is 7.92. The number of hydrogen-bond acceptors (Lipinski definition) is 5. The van der Waals surface area contributed by atoms with Crippen molar-refractivity contribution < 1.29 is 17.9 Å². The summed E-state index contributed by atoms with van der Waals surface area (Å²) in [4.78, 5) is 29.4. The molecule has 4 N–H and O–H groups in total. The highest BCUT2D eigenvalue weighted by atomic mass is 32.2. The molecule has 0 aliphatic carbocycles. The number of hydrogen-bond donors (Lipinski definition) is 4. The number of fused-ring (bicyclic) bond motifs is 1. The van der Waals surface area contributed by atoms with Crippen LogP contribution in [-0.2, 0) is 14.8 Å². The molecule has 2 unspecified atom stereocenters. The summed E-state index contributed by atoms with van der Waals surface area (Å²) < 4.78 is 34.0. The molecule has 0 saturated carbocycles. The van der Waals surface area contributed by atoms with Gasteiger partial charge in [-0.2, -0.15) is 0 Å². The lowest BCUT2D eigenvalue weighted by atomic mass is 10.1. The van der Waals surface area contributed by atoms with Crippen molar-refractivity contribution in [3.63, 3.8) is 0 Å². The number of benzene rings is 2. The highest BCUT2D eigenvalue weighted by Crippen LogP contribution is 2.23. The maximum Gasteiger partial charge on any atom is 0.323 e. The first-order valence-corrected chi connectivity index (χ1v) is 12.1. The maximum atomic E-state index is 12.9. The molecular formula is C22H26N4O5S. The predicted octanol–water partition coefficient (Wildman–Crippen LogP) is 2.73. The van der Waals surface area contributed by atoms with Gasteiger partial charge in [0.05, 0.1) is 33.3 Å². The zero-order valence-corrected chi connectivity index (χ0v) is 18.5. The highest BCUT2D eigenvalue weighted by Gasteiger charge is 2.21. The first-order valence-electron chi connectivity index (χ1n) is 10.6. The topological polar surface area (TPSA) is 133 Å². The molecule has 0 spiro atoms. The van der Waals surface area contributed by atoms with Crippen molar-refractivity contribution in [3.05, 3.63) is 58.5 Å². The molecule has 0 bridgehead atoms. The van der Waals surface area contributed by atoms with Crippen molar-refractivity contribution in [1.29, 1.82) is 0 Å². The van der Waals surface area contributed by atoms with Crippen LogP contribution in [0.4, 0.5) is 5.69 Å². The SMILES string of the molecule is CC(CCC1CCCO1)NC(=O)c1ccccc1NS(=O)(=O)c1ccc2[nH]c(=O)[nH]c2c1. The molecule has 32 heavy (non-hydrogen) atoms. The van der Waals surface area contributed by atoms with Crippen LogP contribution in [0.5, 0.6) is 0 Å². The normalized spacial score (nSPS) is 17.3. The smallest absolute Gasteiger partial charge is 0.323 e. The second-order valence-electron chi connectivity index (χ2n) is 8.02. The number of aromatic nitrogens is 2. The van der Waals surface area contributed by atoms with Crippen LogP contribution in [0, 0.1) is 0 Å². The van der Waals surface area contributed by atoms with E-state index in [0.29, 0.717) is 11.0 Å². The number of carbonyl (C=O) groups excluding carboxylic acids is 1. The third-order valence-corrected chi connectivity index (χ3v) is 6.90. The minimum absolute atomic E-state index is 0.0274. The standard InChI is InChI=1S/C22H26N4O5S/c1-14(8-9-15-5-4-12-31-15)23-21(27)17-6-2-3-7-18(17)26-32(29,30)16-10-11-19-20(13-16)25-22(28)24-19/h2-3,6-7,10-11,13-15,26H,4-5,8-9,12H2,1H3,(H,23,27)(H2,24,25,28). The molecule has 1 fully saturated rings. The van der Waals surface area contributed by atoms with Crippen LogP contribution in [0.3, 0.4) is 0 Å². The van der Waals surface area contributed by atoms with E-state index in [4.69, 9.17) is 4.74 Å². The first kappa shape index (κ1) is 22.1. The van der Waals surface area contributed by atoms with Gasteiger partial charge in [-0.05, 0) is 62.9 Å². The number of H-pyrrole nitrogens is 2. The Morgan fingerprint density at radius 3 is 2.75 bits per heavy atom. The Bertz CT molecular complexity index is 1270. The summed E-state index contributed by atoms with van der Waals surface area (Å²) in [6.07, 6.45) is 4.03. The number of rotatable bonds is 8. The van der Waals surface area contributed by atoms with Gasteiger partial charge in [0.2, 0.25) is 0 Å². The summed E-state index contributed by atoms with van der Waals surface area (Å²) in [5, 5.41) is 2.94. The van der Waals surface area contributed by atoms with E-state index >= 15 is 0 Å². The Balaban J connectivity index is 1.48. The molecule has 1 aliphatic rings. The number of ether oxygens (including phenoxy) is 1. The fourth-order valence-corrected chi connectivity index (χ4v) is 4.94. The van der Waals surface area contributed by atoms with Crippen molar-refractivity contribution in [2.24, 2.45) is 0 Å². The van der Waals surface area contributed by atoms with Crippen LogP contribution in [0.2, 0.25) is 0 Å². The summed E-state index contributed by atoms with van der Waals surface area (Å²) in [6.45, 7) is 2.72. The Hall–Kier alpha value is -3.11. The maximum absolute atomic E-state index is 12.9. The van der Waals surface area contributed by atoms with Gasteiger partial charge in [-0.3, -0.25) is 9.52 Å². The van der Waals surface area contributed by atoms with Crippen molar-refractivity contribution in [3.8, 4) is 0 Å². The zero-order valence-electron chi connectivity index (χ0n) is 17.7. The minimum Gasteiger partial charge on any atom is -0.378 e. The van der Waals surface area contributed by atoms with Crippen LogP contribution >= 0.6 is 0 Å². The lowest BCUT2D eigenvalue weighted by Crippen LogP contribution is -2.33. The Kier molecular flexibility index (Phi) is 6.33. The number of anilines is 1. The van der Waals surface area contributed by atoms with Crippen molar-refractivity contribution in [2.45, 2.75) is 49.6 Å². The van der Waals surface area contributed by atoms with E-state index in [2.05, 4.69) is 20.0 Å². The average Bonchev–Trinajstić information content (AvgIpc) is 3.40. The van der Waals surface area contributed by atoms with Gasteiger partial charge in [0.1, 0.15) is 0 Å². The van der Waals surface area contributed by atoms with Crippen LogP contribution in [0.25, 0.3) is 11.0 Å². The quantitative estimate of drug-likeness (QED) is 0.412. The molecule has 1 aromatic heterocycles.